The van der Waals surface area contributed by atoms with Crippen LogP contribution in [0.2, 0.25) is 5.02 Å². The number of carbonyl (C=O) groups is 4. The molecule has 0 radical (unpaired) electrons. The van der Waals surface area contributed by atoms with Gasteiger partial charge in [0.25, 0.3) is 5.91 Å². The Hall–Kier alpha value is -4.11. The summed E-state index contributed by atoms with van der Waals surface area (Å²) in [6.07, 6.45) is 8.10. The minimum Gasteiger partial charge on any atom is -0.494 e. The minimum absolute atomic E-state index is 0.0189. The van der Waals surface area contributed by atoms with Crippen molar-refractivity contribution in [3.05, 3.63) is 41.6 Å². The Balaban J connectivity index is 1.32. The maximum absolute atomic E-state index is 14.4. The third-order valence-corrected chi connectivity index (χ3v) is 11.9. The van der Waals surface area contributed by atoms with Crippen molar-refractivity contribution in [2.75, 3.05) is 13.7 Å². The van der Waals surface area contributed by atoms with Gasteiger partial charge in [-0.15, -0.1) is 0 Å². The van der Waals surface area contributed by atoms with Gasteiger partial charge in [-0.05, 0) is 77.5 Å². The third kappa shape index (κ3) is 8.41. The van der Waals surface area contributed by atoms with Crippen molar-refractivity contribution in [1.29, 1.82) is 0 Å². The fourth-order valence-corrected chi connectivity index (χ4v) is 8.41. The number of halogens is 1. The van der Waals surface area contributed by atoms with Gasteiger partial charge in [0.05, 0.1) is 25.1 Å². The molecule has 0 bridgehead atoms. The van der Waals surface area contributed by atoms with Crippen molar-refractivity contribution in [1.82, 2.24) is 25.2 Å². The van der Waals surface area contributed by atoms with Gasteiger partial charge in [0.15, 0.2) is 0 Å². The van der Waals surface area contributed by atoms with Gasteiger partial charge < -0.3 is 29.7 Å². The molecule has 4 aliphatic rings. The van der Waals surface area contributed by atoms with Crippen molar-refractivity contribution in [3.63, 3.8) is 0 Å². The Bertz CT molecular complexity index is 1880. The Kier molecular flexibility index (Phi) is 10.7. The molecule has 2 aliphatic carbocycles. The van der Waals surface area contributed by atoms with Crippen LogP contribution in [0.3, 0.4) is 0 Å². The molecule has 14 nitrogen and oxygen atoms in total. The molecule has 16 heteroatoms. The van der Waals surface area contributed by atoms with Gasteiger partial charge in [-0.1, -0.05) is 36.6 Å². The van der Waals surface area contributed by atoms with E-state index in [-0.39, 0.29) is 25.3 Å². The van der Waals surface area contributed by atoms with E-state index in [2.05, 4.69) is 20.3 Å². The first-order valence-corrected chi connectivity index (χ1v) is 19.7. The standard InChI is InChI=1S/C36H46ClN5O9S/c1-35(2,3)51-34(46)39-27-11-9-7-5-6-8-10-21-18-36(21,33(45)41-52(47,48)24-13-14-24)40-30(43)28-17-23(20-42(28)32(27)44)50-31-26-16-22(37)12-15-25(26)29(49-4)19-38-31/h8,10,12,15-16,19,21,23-24,27-28H,5-7,9,11,13-14,17-18,20H2,1-4H3,(H,39,46)(H,40,43)(H,41,45)/b10-8-/t21-,23-,27+,28+,36-/m1/s1. The molecule has 2 saturated carbocycles. The number of hydrogen-bond acceptors (Lipinski definition) is 10. The molecule has 2 aromatic rings. The van der Waals surface area contributed by atoms with E-state index in [1.165, 1.54) is 18.2 Å². The average Bonchev–Trinajstić information content (AvgIpc) is 3.99. The van der Waals surface area contributed by atoms with E-state index in [0.29, 0.717) is 53.6 Å². The van der Waals surface area contributed by atoms with Crippen LogP contribution < -0.4 is 24.8 Å². The van der Waals surface area contributed by atoms with Crippen molar-refractivity contribution < 1.29 is 41.8 Å². The van der Waals surface area contributed by atoms with E-state index in [1.807, 2.05) is 12.2 Å². The van der Waals surface area contributed by atoms with Crippen molar-refractivity contribution in [2.24, 2.45) is 5.92 Å². The van der Waals surface area contributed by atoms with Crippen LogP contribution in [0.1, 0.15) is 78.6 Å². The largest absolute Gasteiger partial charge is 0.494 e. The first kappa shape index (κ1) is 37.6. The molecule has 3 heterocycles. The lowest BCUT2D eigenvalue weighted by molar-refractivity contribution is -0.141. The van der Waals surface area contributed by atoms with E-state index in [0.717, 1.165) is 12.8 Å². The van der Waals surface area contributed by atoms with Crippen LogP contribution in [0.4, 0.5) is 4.79 Å². The number of carbonyl (C=O) groups excluding carboxylic acids is 4. The fraction of sp³-hybridized carbons (Fsp3) is 0.583. The zero-order chi connectivity index (χ0) is 37.4. The third-order valence-electron chi connectivity index (χ3n) is 9.81. The summed E-state index contributed by atoms with van der Waals surface area (Å²) in [5.41, 5.74) is -2.32. The summed E-state index contributed by atoms with van der Waals surface area (Å²) in [5, 5.41) is 6.65. The van der Waals surface area contributed by atoms with Gasteiger partial charge in [-0.25, -0.2) is 18.2 Å². The molecular weight excluding hydrogens is 714 g/mol. The quantitative estimate of drug-likeness (QED) is 0.347. The number of fused-ring (bicyclic) bond motifs is 3. The summed E-state index contributed by atoms with van der Waals surface area (Å²) in [7, 11) is -2.37. The molecule has 4 amide bonds. The molecule has 3 N–H and O–H groups in total. The number of sulfonamides is 1. The molecule has 1 saturated heterocycles. The van der Waals surface area contributed by atoms with Crippen LogP contribution in [0, 0.1) is 5.92 Å². The second-order valence-electron chi connectivity index (χ2n) is 15.0. The zero-order valence-corrected chi connectivity index (χ0v) is 31.3. The number of ether oxygens (including phenoxy) is 3. The number of aromatic nitrogens is 1. The van der Waals surface area contributed by atoms with Crippen molar-refractivity contribution in [3.8, 4) is 11.6 Å². The van der Waals surface area contributed by atoms with Crippen LogP contribution in [0.25, 0.3) is 10.8 Å². The average molecular weight is 760 g/mol. The topological polar surface area (TPSA) is 182 Å². The summed E-state index contributed by atoms with van der Waals surface area (Å²) in [6, 6.07) is 3.03. The Morgan fingerprint density at radius 2 is 1.87 bits per heavy atom. The molecule has 0 unspecified atom stereocenters. The van der Waals surface area contributed by atoms with Crippen molar-refractivity contribution >= 4 is 56.2 Å². The van der Waals surface area contributed by atoms with Gasteiger partial charge >= 0.3 is 6.09 Å². The summed E-state index contributed by atoms with van der Waals surface area (Å²) < 4.78 is 45.1. The molecule has 5 atom stereocenters. The number of hydrogen-bond donors (Lipinski definition) is 3. The lowest BCUT2D eigenvalue weighted by atomic mass is 10.0. The Morgan fingerprint density at radius 3 is 2.58 bits per heavy atom. The molecule has 1 aromatic carbocycles. The molecule has 0 spiro atoms. The molecule has 1 aromatic heterocycles. The highest BCUT2D eigenvalue weighted by molar-refractivity contribution is 7.91. The maximum atomic E-state index is 14.4. The monoisotopic (exact) mass is 759 g/mol. The summed E-state index contributed by atoms with van der Waals surface area (Å²) in [4.78, 5) is 61.2. The second-order valence-corrected chi connectivity index (χ2v) is 17.4. The number of nitrogens with one attached hydrogen (secondary N) is 3. The minimum atomic E-state index is -3.90. The molecular formula is C36H46ClN5O9S. The number of pyridine rings is 1. The van der Waals surface area contributed by atoms with E-state index in [1.54, 1.807) is 39.0 Å². The van der Waals surface area contributed by atoms with Crippen LogP contribution in [0.15, 0.2) is 36.5 Å². The number of alkyl carbamates (subject to hydrolysis) is 1. The van der Waals surface area contributed by atoms with Gasteiger partial charge in [-0.2, -0.15) is 0 Å². The molecule has 282 valence electrons. The number of benzene rings is 1. The fourth-order valence-electron chi connectivity index (χ4n) is 6.88. The van der Waals surface area contributed by atoms with E-state index < -0.39 is 74.3 Å². The summed E-state index contributed by atoms with van der Waals surface area (Å²) >= 11 is 6.33. The molecule has 2 aliphatic heterocycles. The molecule has 52 heavy (non-hydrogen) atoms. The molecule has 6 rings (SSSR count). The van der Waals surface area contributed by atoms with Gasteiger partial charge in [-0.3, -0.25) is 19.1 Å². The van der Waals surface area contributed by atoms with Crippen LogP contribution in [0.5, 0.6) is 11.6 Å². The maximum Gasteiger partial charge on any atom is 0.408 e. The lowest BCUT2D eigenvalue weighted by Gasteiger charge is -2.30. The first-order valence-electron chi connectivity index (χ1n) is 17.7. The highest BCUT2D eigenvalue weighted by atomic mass is 35.5. The van der Waals surface area contributed by atoms with Gasteiger partial charge in [0, 0.05) is 28.1 Å². The van der Waals surface area contributed by atoms with Gasteiger partial charge in [0.2, 0.25) is 27.7 Å². The van der Waals surface area contributed by atoms with Gasteiger partial charge in [0.1, 0.15) is 35.1 Å². The number of methoxy groups -OCH3 is 1. The Labute approximate surface area is 308 Å². The number of nitrogens with zero attached hydrogens (tertiary/aromatic N) is 2. The summed E-state index contributed by atoms with van der Waals surface area (Å²) in [5.74, 6) is -1.67. The Morgan fingerprint density at radius 1 is 1.10 bits per heavy atom. The van der Waals surface area contributed by atoms with E-state index in [9.17, 15) is 27.6 Å². The zero-order valence-electron chi connectivity index (χ0n) is 29.8. The molecule has 3 fully saturated rings. The van der Waals surface area contributed by atoms with Crippen molar-refractivity contribution in [2.45, 2.75) is 113 Å². The SMILES string of the molecule is COc1cnc(O[C@@H]2C[C@H]3C(=O)N[C@]4(C(=O)NS(=O)(=O)C5CC5)C[C@H]4/C=C\CCCCC[C@H](NC(=O)OC(C)(C)C)C(=O)N3C2)c2cc(Cl)ccc12. The number of amides is 4. The highest BCUT2D eigenvalue weighted by Crippen LogP contribution is 2.46. The predicted octanol–water partition coefficient (Wildman–Crippen LogP) is 4.14. The normalized spacial score (nSPS) is 27.6. The summed E-state index contributed by atoms with van der Waals surface area (Å²) in [6.45, 7) is 5.12. The second kappa shape index (κ2) is 14.7. The lowest BCUT2D eigenvalue weighted by Crippen LogP contribution is -2.58. The highest BCUT2D eigenvalue weighted by Gasteiger charge is 2.62. The number of rotatable bonds is 7. The first-order chi connectivity index (χ1) is 24.6. The van der Waals surface area contributed by atoms with Crippen LogP contribution >= 0.6 is 11.6 Å². The predicted molar refractivity (Wildman–Crippen MR) is 192 cm³/mol. The number of allylic oxidation sites excluding steroid dienone is 1. The van der Waals surface area contributed by atoms with Crippen LogP contribution in [-0.2, 0) is 29.1 Å². The van der Waals surface area contributed by atoms with Crippen LogP contribution in [-0.4, -0.2) is 90.3 Å². The van der Waals surface area contributed by atoms with E-state index >= 15 is 0 Å². The van der Waals surface area contributed by atoms with E-state index in [4.69, 9.17) is 25.8 Å². The smallest absolute Gasteiger partial charge is 0.408 e.